The molecule has 0 unspecified atom stereocenters. The predicted molar refractivity (Wildman–Crippen MR) is 72.4 cm³/mol. The Labute approximate surface area is 115 Å². The number of halogens is 2. The second-order valence-electron chi connectivity index (χ2n) is 3.69. The highest BCUT2D eigenvalue weighted by atomic mass is 35.5. The van der Waals surface area contributed by atoms with E-state index in [2.05, 4.69) is 15.3 Å². The van der Waals surface area contributed by atoms with E-state index in [9.17, 15) is 4.39 Å². The molecular formula is C10H14ClFN6O. The zero-order chi connectivity index (χ0) is 13.3. The number of nitrogens with zero attached hydrogens (tertiary/aromatic N) is 2. The lowest BCUT2D eigenvalue weighted by molar-refractivity contribution is 0.384. The zero-order valence-corrected chi connectivity index (χ0v) is 10.9. The number of hydrogen-bond acceptors (Lipinski definition) is 7. The van der Waals surface area contributed by atoms with E-state index in [0.717, 1.165) is 0 Å². The molecule has 9 heteroatoms. The third-order valence-corrected chi connectivity index (χ3v) is 2.41. The maximum atomic E-state index is 13.6. The number of guanidine groups is 2. The quantitative estimate of drug-likeness (QED) is 0.587. The summed E-state index contributed by atoms with van der Waals surface area (Å²) in [6.45, 7) is 0. The highest BCUT2D eigenvalue weighted by Crippen LogP contribution is 2.27. The molecule has 0 aliphatic carbocycles. The Kier molecular flexibility index (Phi) is 4.17. The average Bonchev–Trinajstić information content (AvgIpc) is 2.27. The lowest BCUT2D eigenvalue weighted by Gasteiger charge is -2.26. The second kappa shape index (κ2) is 5.29. The van der Waals surface area contributed by atoms with Crippen molar-refractivity contribution in [3.05, 3.63) is 29.6 Å². The summed E-state index contributed by atoms with van der Waals surface area (Å²) < 4.78 is 18.4. The second-order valence-corrected chi connectivity index (χ2v) is 3.69. The van der Waals surface area contributed by atoms with Crippen molar-refractivity contribution in [1.29, 1.82) is 0 Å². The zero-order valence-electron chi connectivity index (χ0n) is 10.1. The molecule has 1 aromatic rings. The van der Waals surface area contributed by atoms with Gasteiger partial charge in [0.25, 0.3) is 0 Å². The fraction of sp³-hybridized carbons (Fsp3) is 0.200. The van der Waals surface area contributed by atoms with Gasteiger partial charge in [0.2, 0.25) is 5.79 Å². The maximum Gasteiger partial charge on any atom is 0.235 e. The molecule has 0 amide bonds. The van der Waals surface area contributed by atoms with E-state index in [-0.39, 0.29) is 30.1 Å². The van der Waals surface area contributed by atoms with Gasteiger partial charge in [-0.15, -0.1) is 12.4 Å². The first kappa shape index (κ1) is 15.0. The van der Waals surface area contributed by atoms with Gasteiger partial charge in [0.1, 0.15) is 0 Å². The van der Waals surface area contributed by atoms with Gasteiger partial charge in [-0.1, -0.05) is 0 Å². The maximum absolute atomic E-state index is 13.6. The standard InChI is InChI=1S/C10H13FN6O.ClH/c1-18-7-3-2-5(4-6(7)11)10(14)16-8(12)15-9(13)17-10;/h2-4H,14H2,1H3,(H5,12,13,15,16,17);1H. The summed E-state index contributed by atoms with van der Waals surface area (Å²) in [5, 5.41) is 2.50. The molecule has 0 saturated carbocycles. The molecule has 7 N–H and O–H groups in total. The van der Waals surface area contributed by atoms with Crippen molar-refractivity contribution in [3.63, 3.8) is 0 Å². The minimum atomic E-state index is -1.54. The third kappa shape index (κ3) is 2.85. The minimum Gasteiger partial charge on any atom is -0.494 e. The van der Waals surface area contributed by atoms with Crippen LogP contribution in [0.2, 0.25) is 0 Å². The van der Waals surface area contributed by atoms with Crippen LogP contribution >= 0.6 is 12.4 Å². The highest BCUT2D eigenvalue weighted by molar-refractivity contribution is 5.98. The summed E-state index contributed by atoms with van der Waals surface area (Å²) >= 11 is 0. The number of hydrogen-bond donors (Lipinski definition) is 4. The van der Waals surface area contributed by atoms with Crippen molar-refractivity contribution >= 4 is 24.3 Å². The average molecular weight is 289 g/mol. The molecule has 0 atom stereocenters. The van der Waals surface area contributed by atoms with E-state index < -0.39 is 11.6 Å². The Morgan fingerprint density at radius 2 is 1.84 bits per heavy atom. The van der Waals surface area contributed by atoms with Gasteiger partial charge in [0.15, 0.2) is 23.5 Å². The summed E-state index contributed by atoms with van der Waals surface area (Å²) in [7, 11) is 1.37. The van der Waals surface area contributed by atoms with Crippen LogP contribution in [0, 0.1) is 5.82 Å². The Morgan fingerprint density at radius 3 is 2.32 bits per heavy atom. The largest absolute Gasteiger partial charge is 0.494 e. The number of nitrogens with two attached hydrogens (primary N) is 3. The van der Waals surface area contributed by atoms with Crippen LogP contribution in [0.1, 0.15) is 5.56 Å². The molecule has 104 valence electrons. The number of benzene rings is 1. The molecule has 0 spiro atoms. The fourth-order valence-corrected chi connectivity index (χ4v) is 1.60. The van der Waals surface area contributed by atoms with Crippen LogP contribution in [0.15, 0.2) is 28.2 Å². The van der Waals surface area contributed by atoms with Gasteiger partial charge in [0, 0.05) is 5.56 Å². The topological polar surface area (TPSA) is 124 Å². The first-order valence-electron chi connectivity index (χ1n) is 5.05. The van der Waals surface area contributed by atoms with Crippen molar-refractivity contribution in [3.8, 4) is 5.75 Å². The minimum absolute atomic E-state index is 0. The molecule has 0 bridgehead atoms. The number of nitrogens with one attached hydrogen (secondary N) is 1. The van der Waals surface area contributed by atoms with Crippen LogP contribution in [-0.2, 0) is 5.79 Å². The summed E-state index contributed by atoms with van der Waals surface area (Å²) in [5.74, 6) is -1.97. The van der Waals surface area contributed by atoms with Crippen molar-refractivity contribution in [2.45, 2.75) is 5.79 Å². The molecule has 1 aromatic carbocycles. The summed E-state index contributed by atoms with van der Waals surface area (Å²) in [5.41, 5.74) is 17.3. The Hall–Kier alpha value is -2.06. The van der Waals surface area contributed by atoms with Crippen molar-refractivity contribution in [1.82, 2.24) is 5.32 Å². The molecule has 1 heterocycles. The number of rotatable bonds is 2. The first-order chi connectivity index (χ1) is 8.44. The SMILES string of the molecule is COc1ccc(C2(N)N=C(N)NC(N)=N2)cc1F.Cl. The fourth-order valence-electron chi connectivity index (χ4n) is 1.60. The molecule has 1 aliphatic rings. The van der Waals surface area contributed by atoms with E-state index >= 15 is 0 Å². The lowest BCUT2D eigenvalue weighted by Crippen LogP contribution is -2.51. The molecule has 0 saturated heterocycles. The van der Waals surface area contributed by atoms with Crippen LogP contribution in [0.5, 0.6) is 5.75 Å². The normalized spacial score (nSPS) is 16.6. The van der Waals surface area contributed by atoms with Gasteiger partial charge in [-0.25, -0.2) is 14.4 Å². The summed E-state index contributed by atoms with van der Waals surface area (Å²) in [6.07, 6.45) is 0. The highest BCUT2D eigenvalue weighted by Gasteiger charge is 2.30. The Bertz CT molecular complexity index is 529. The molecule has 7 nitrogen and oxygen atoms in total. The molecule has 0 fully saturated rings. The predicted octanol–water partition coefficient (Wildman–Crippen LogP) is -0.442. The lowest BCUT2D eigenvalue weighted by atomic mass is 10.1. The molecule has 2 rings (SSSR count). The van der Waals surface area contributed by atoms with Crippen molar-refractivity contribution in [2.24, 2.45) is 27.2 Å². The Balaban J connectivity index is 0.00000180. The summed E-state index contributed by atoms with van der Waals surface area (Å²) in [4.78, 5) is 7.84. The molecule has 0 radical (unpaired) electrons. The van der Waals surface area contributed by atoms with E-state index in [1.165, 1.54) is 19.2 Å². The van der Waals surface area contributed by atoms with Gasteiger partial charge in [0.05, 0.1) is 7.11 Å². The van der Waals surface area contributed by atoms with E-state index in [0.29, 0.717) is 5.56 Å². The molecular weight excluding hydrogens is 275 g/mol. The molecule has 0 aromatic heterocycles. The van der Waals surface area contributed by atoms with E-state index in [1.807, 2.05) is 0 Å². The van der Waals surface area contributed by atoms with Crippen molar-refractivity contribution in [2.75, 3.05) is 7.11 Å². The van der Waals surface area contributed by atoms with Crippen molar-refractivity contribution < 1.29 is 9.13 Å². The van der Waals surface area contributed by atoms with Gasteiger partial charge >= 0.3 is 0 Å². The van der Waals surface area contributed by atoms with Crippen LogP contribution < -0.4 is 27.3 Å². The van der Waals surface area contributed by atoms with Gasteiger partial charge in [-0.3, -0.25) is 11.1 Å². The van der Waals surface area contributed by atoms with Crippen LogP contribution in [0.3, 0.4) is 0 Å². The van der Waals surface area contributed by atoms with Crippen LogP contribution in [0.25, 0.3) is 0 Å². The Morgan fingerprint density at radius 1 is 1.26 bits per heavy atom. The van der Waals surface area contributed by atoms with Crippen LogP contribution in [0.4, 0.5) is 4.39 Å². The summed E-state index contributed by atoms with van der Waals surface area (Å²) in [6, 6.07) is 4.15. The molecule has 19 heavy (non-hydrogen) atoms. The number of ether oxygens (including phenoxy) is 1. The third-order valence-electron chi connectivity index (χ3n) is 2.41. The molecule has 1 aliphatic heterocycles. The first-order valence-corrected chi connectivity index (χ1v) is 5.05. The van der Waals surface area contributed by atoms with Crippen LogP contribution in [-0.4, -0.2) is 19.0 Å². The van der Waals surface area contributed by atoms with Gasteiger partial charge in [-0.05, 0) is 18.2 Å². The smallest absolute Gasteiger partial charge is 0.235 e. The van der Waals surface area contributed by atoms with Gasteiger partial charge in [-0.2, -0.15) is 0 Å². The van der Waals surface area contributed by atoms with E-state index in [4.69, 9.17) is 21.9 Å². The van der Waals surface area contributed by atoms with Gasteiger partial charge < -0.3 is 16.2 Å². The monoisotopic (exact) mass is 288 g/mol. The number of methoxy groups -OCH3 is 1. The number of aliphatic imine (C=N–C) groups is 2. The van der Waals surface area contributed by atoms with E-state index in [1.54, 1.807) is 6.07 Å².